The van der Waals surface area contributed by atoms with Crippen molar-refractivity contribution in [2.75, 3.05) is 12.4 Å². The molecule has 1 atom stereocenters. The quantitative estimate of drug-likeness (QED) is 0.540. The molecule has 0 saturated heterocycles. The van der Waals surface area contributed by atoms with E-state index in [1.54, 1.807) is 6.08 Å². The molecular formula is C23H27NO3S. The molecule has 4 nitrogen and oxygen atoms in total. The second-order valence-electron chi connectivity index (χ2n) is 7.69. The number of carbonyl (C=O) groups is 2. The highest BCUT2D eigenvalue weighted by Crippen LogP contribution is 2.40. The van der Waals surface area contributed by atoms with Gasteiger partial charge < -0.3 is 10.1 Å². The van der Waals surface area contributed by atoms with Crippen LogP contribution < -0.4 is 5.32 Å². The molecule has 1 aliphatic rings. The van der Waals surface area contributed by atoms with Crippen LogP contribution in [0.15, 0.2) is 30.3 Å². The molecule has 2 aromatic rings. The summed E-state index contributed by atoms with van der Waals surface area (Å²) in [5.74, 6) is 0.444. The van der Waals surface area contributed by atoms with Gasteiger partial charge in [-0.2, -0.15) is 0 Å². The molecule has 1 aromatic heterocycles. The Bertz CT molecular complexity index is 893. The van der Waals surface area contributed by atoms with E-state index in [2.05, 4.69) is 38.2 Å². The van der Waals surface area contributed by atoms with E-state index < -0.39 is 0 Å². The Morgan fingerprint density at radius 3 is 2.61 bits per heavy atom. The third-order valence-corrected chi connectivity index (χ3v) is 6.34. The van der Waals surface area contributed by atoms with Gasteiger partial charge in [0.15, 0.2) is 0 Å². The summed E-state index contributed by atoms with van der Waals surface area (Å²) >= 11 is 1.50. The van der Waals surface area contributed by atoms with Crippen LogP contribution in [0.25, 0.3) is 6.08 Å². The summed E-state index contributed by atoms with van der Waals surface area (Å²) in [6.07, 6.45) is 6.14. The second kappa shape index (κ2) is 8.74. The van der Waals surface area contributed by atoms with Crippen LogP contribution in [-0.4, -0.2) is 19.0 Å². The number of esters is 1. The molecule has 3 rings (SSSR count). The summed E-state index contributed by atoms with van der Waals surface area (Å²) in [7, 11) is 1.38. The normalized spacial score (nSPS) is 16.2. The molecule has 28 heavy (non-hydrogen) atoms. The van der Waals surface area contributed by atoms with Crippen molar-refractivity contribution in [2.24, 2.45) is 5.92 Å². The number of anilines is 1. The molecule has 1 amide bonds. The summed E-state index contributed by atoms with van der Waals surface area (Å²) in [5.41, 5.74) is 3.80. The van der Waals surface area contributed by atoms with Crippen LogP contribution in [0.1, 0.15) is 65.0 Å². The molecule has 1 unspecified atom stereocenters. The van der Waals surface area contributed by atoms with Crippen LogP contribution >= 0.6 is 11.3 Å². The zero-order valence-electron chi connectivity index (χ0n) is 16.9. The van der Waals surface area contributed by atoms with Crippen molar-refractivity contribution in [1.29, 1.82) is 0 Å². The highest BCUT2D eigenvalue weighted by molar-refractivity contribution is 7.17. The Kier molecular flexibility index (Phi) is 6.35. The smallest absolute Gasteiger partial charge is 0.341 e. The van der Waals surface area contributed by atoms with Crippen molar-refractivity contribution in [3.63, 3.8) is 0 Å². The van der Waals surface area contributed by atoms with Crippen molar-refractivity contribution >= 4 is 34.3 Å². The maximum Gasteiger partial charge on any atom is 0.341 e. The van der Waals surface area contributed by atoms with Crippen LogP contribution in [0.2, 0.25) is 0 Å². The number of nitrogens with one attached hydrogen (secondary N) is 1. The number of benzene rings is 1. The molecule has 0 aliphatic heterocycles. The minimum Gasteiger partial charge on any atom is -0.465 e. The fraction of sp³-hybridized carbons (Fsp3) is 0.391. The molecule has 148 valence electrons. The lowest BCUT2D eigenvalue weighted by Gasteiger charge is -2.18. The van der Waals surface area contributed by atoms with E-state index in [1.165, 1.54) is 35.0 Å². The monoisotopic (exact) mass is 397 g/mol. The average Bonchev–Trinajstić information content (AvgIpc) is 3.02. The Morgan fingerprint density at radius 1 is 1.25 bits per heavy atom. The molecule has 0 radical (unpaired) electrons. The Balaban J connectivity index is 1.77. The van der Waals surface area contributed by atoms with E-state index in [-0.39, 0.29) is 11.9 Å². The number of methoxy groups -OCH3 is 1. The number of thiophene rings is 1. The first kappa shape index (κ1) is 20.3. The first-order valence-electron chi connectivity index (χ1n) is 9.71. The Labute approximate surface area is 170 Å². The van der Waals surface area contributed by atoms with Crippen molar-refractivity contribution in [3.8, 4) is 0 Å². The largest absolute Gasteiger partial charge is 0.465 e. The van der Waals surface area contributed by atoms with E-state index in [4.69, 9.17) is 4.74 Å². The predicted octanol–water partition coefficient (Wildman–Crippen LogP) is 5.43. The first-order chi connectivity index (χ1) is 13.4. The summed E-state index contributed by atoms with van der Waals surface area (Å²) in [5, 5.41) is 3.48. The highest BCUT2D eigenvalue weighted by atomic mass is 32.1. The van der Waals surface area contributed by atoms with Gasteiger partial charge in [-0.05, 0) is 53.9 Å². The number of hydrogen-bond acceptors (Lipinski definition) is 4. The Morgan fingerprint density at radius 2 is 1.96 bits per heavy atom. The molecule has 0 saturated carbocycles. The number of amides is 1. The van der Waals surface area contributed by atoms with Crippen molar-refractivity contribution in [1.82, 2.24) is 0 Å². The minimum absolute atomic E-state index is 0.246. The highest BCUT2D eigenvalue weighted by Gasteiger charge is 2.28. The molecule has 0 spiro atoms. The lowest BCUT2D eigenvalue weighted by atomic mass is 9.88. The number of carbonyl (C=O) groups excluding carboxylic acids is 2. The molecule has 1 aliphatic carbocycles. The SMILES string of the molecule is COC(=O)c1c(NC(=O)C=Cc2ccc(C(C)C)cc2)sc2c1CCC(C)C2. The van der Waals surface area contributed by atoms with Crippen LogP contribution in [0.3, 0.4) is 0 Å². The van der Waals surface area contributed by atoms with E-state index in [0.717, 1.165) is 30.4 Å². The zero-order valence-corrected chi connectivity index (χ0v) is 17.7. The van der Waals surface area contributed by atoms with Gasteiger partial charge in [0, 0.05) is 11.0 Å². The minimum atomic E-state index is -0.379. The molecule has 1 aromatic carbocycles. The number of ether oxygens (including phenoxy) is 1. The van der Waals surface area contributed by atoms with Crippen molar-refractivity contribution in [3.05, 3.63) is 57.5 Å². The lowest BCUT2D eigenvalue weighted by molar-refractivity contribution is -0.111. The molecule has 1 heterocycles. The van der Waals surface area contributed by atoms with Gasteiger partial charge in [0.2, 0.25) is 5.91 Å². The van der Waals surface area contributed by atoms with Gasteiger partial charge in [-0.25, -0.2) is 4.79 Å². The predicted molar refractivity (Wildman–Crippen MR) is 115 cm³/mol. The lowest BCUT2D eigenvalue weighted by Crippen LogP contribution is -2.14. The maximum absolute atomic E-state index is 12.5. The van der Waals surface area contributed by atoms with Crippen LogP contribution in [0.4, 0.5) is 5.00 Å². The topological polar surface area (TPSA) is 55.4 Å². The van der Waals surface area contributed by atoms with Gasteiger partial charge in [-0.3, -0.25) is 4.79 Å². The maximum atomic E-state index is 12.5. The average molecular weight is 398 g/mol. The van der Waals surface area contributed by atoms with Gasteiger partial charge in [-0.1, -0.05) is 45.0 Å². The summed E-state index contributed by atoms with van der Waals surface area (Å²) in [6.45, 7) is 6.52. The van der Waals surface area contributed by atoms with E-state index in [0.29, 0.717) is 22.4 Å². The summed E-state index contributed by atoms with van der Waals surface area (Å²) in [4.78, 5) is 26.0. The number of fused-ring (bicyclic) bond motifs is 1. The van der Waals surface area contributed by atoms with Crippen LogP contribution in [-0.2, 0) is 22.4 Å². The van der Waals surface area contributed by atoms with Gasteiger partial charge in [0.05, 0.1) is 12.7 Å². The summed E-state index contributed by atoms with van der Waals surface area (Å²) in [6, 6.07) is 8.16. The fourth-order valence-electron chi connectivity index (χ4n) is 3.47. The molecule has 0 fully saturated rings. The van der Waals surface area contributed by atoms with E-state index >= 15 is 0 Å². The Hall–Kier alpha value is -2.40. The van der Waals surface area contributed by atoms with Crippen LogP contribution in [0.5, 0.6) is 0 Å². The second-order valence-corrected chi connectivity index (χ2v) is 8.80. The van der Waals surface area contributed by atoms with Gasteiger partial charge >= 0.3 is 5.97 Å². The van der Waals surface area contributed by atoms with E-state index in [1.807, 2.05) is 12.1 Å². The van der Waals surface area contributed by atoms with Gasteiger partial charge in [0.25, 0.3) is 0 Å². The number of hydrogen-bond donors (Lipinski definition) is 1. The third-order valence-electron chi connectivity index (χ3n) is 5.17. The molecule has 1 N–H and O–H groups in total. The summed E-state index contributed by atoms with van der Waals surface area (Å²) < 4.78 is 4.97. The van der Waals surface area contributed by atoms with Crippen molar-refractivity contribution in [2.45, 2.75) is 46.0 Å². The van der Waals surface area contributed by atoms with Crippen LogP contribution in [0, 0.1) is 5.92 Å². The standard InChI is InChI=1S/C23H27NO3S/c1-14(2)17-9-6-16(7-10-17)8-12-20(25)24-22-21(23(26)27-4)18-11-5-15(3)13-19(18)28-22/h6-10,12,14-15H,5,11,13H2,1-4H3,(H,24,25). The molecular weight excluding hydrogens is 370 g/mol. The fourth-order valence-corrected chi connectivity index (χ4v) is 4.88. The van der Waals surface area contributed by atoms with Gasteiger partial charge in [0.1, 0.15) is 5.00 Å². The third kappa shape index (κ3) is 4.53. The molecule has 5 heteroatoms. The first-order valence-corrected chi connectivity index (χ1v) is 10.5. The number of rotatable bonds is 5. The van der Waals surface area contributed by atoms with E-state index in [9.17, 15) is 9.59 Å². The zero-order chi connectivity index (χ0) is 20.3. The molecule has 0 bridgehead atoms. The van der Waals surface area contributed by atoms with Crippen molar-refractivity contribution < 1.29 is 14.3 Å². The van der Waals surface area contributed by atoms with Gasteiger partial charge in [-0.15, -0.1) is 11.3 Å².